The number of morpholine rings is 1. The minimum atomic E-state index is -0.647. The van der Waals surface area contributed by atoms with Gasteiger partial charge in [0.1, 0.15) is 5.00 Å². The van der Waals surface area contributed by atoms with Crippen LogP contribution in [-0.2, 0) is 14.3 Å². The third kappa shape index (κ3) is 4.06. The van der Waals surface area contributed by atoms with Crippen molar-refractivity contribution in [2.45, 2.75) is 6.92 Å². The summed E-state index contributed by atoms with van der Waals surface area (Å²) in [5, 5.41) is 2.96. The number of esters is 1. The van der Waals surface area contributed by atoms with Crippen LogP contribution < -0.4 is 11.1 Å². The number of nitrogens with one attached hydrogen (secondary N) is 1. The number of methoxy groups -OCH3 is 1. The molecule has 1 saturated heterocycles. The van der Waals surface area contributed by atoms with Gasteiger partial charge in [-0.1, -0.05) is 0 Å². The van der Waals surface area contributed by atoms with Gasteiger partial charge in [0, 0.05) is 13.1 Å². The molecule has 8 nitrogen and oxygen atoms in total. The Labute approximate surface area is 137 Å². The predicted molar refractivity (Wildman–Crippen MR) is 84.8 cm³/mol. The first-order chi connectivity index (χ1) is 10.9. The molecule has 1 aliphatic heterocycles. The van der Waals surface area contributed by atoms with Crippen molar-refractivity contribution in [3.05, 3.63) is 16.0 Å². The van der Waals surface area contributed by atoms with Gasteiger partial charge in [-0.3, -0.25) is 14.5 Å². The summed E-state index contributed by atoms with van der Waals surface area (Å²) in [6.07, 6.45) is 0. The largest absolute Gasteiger partial charge is 0.465 e. The van der Waals surface area contributed by atoms with Gasteiger partial charge in [0.25, 0.3) is 5.91 Å². The van der Waals surface area contributed by atoms with E-state index >= 15 is 0 Å². The number of primary amides is 1. The van der Waals surface area contributed by atoms with Crippen LogP contribution in [0.1, 0.15) is 25.6 Å². The lowest BCUT2D eigenvalue weighted by Gasteiger charge is -2.25. The molecule has 0 aromatic carbocycles. The molecule has 1 aromatic heterocycles. The molecule has 1 aliphatic rings. The molecule has 1 fully saturated rings. The standard InChI is InChI=1S/C14H19N3O5S/c1-8-10(14(20)21-2)13(23-11(8)12(15)19)16-9(18)7-17-3-5-22-6-4-17/h3-7H2,1-2H3,(H2,15,19)(H,16,18). The topological polar surface area (TPSA) is 111 Å². The molecule has 0 bridgehead atoms. The molecule has 2 amide bonds. The first-order valence-electron chi connectivity index (χ1n) is 7.05. The third-order valence-corrected chi connectivity index (χ3v) is 4.71. The maximum Gasteiger partial charge on any atom is 0.341 e. The van der Waals surface area contributed by atoms with Crippen LogP contribution in [0.25, 0.3) is 0 Å². The Morgan fingerprint density at radius 1 is 1.35 bits per heavy atom. The highest BCUT2D eigenvalue weighted by Gasteiger charge is 2.25. The number of rotatable bonds is 5. The Morgan fingerprint density at radius 3 is 2.57 bits per heavy atom. The van der Waals surface area contributed by atoms with Crippen LogP contribution in [0.5, 0.6) is 0 Å². The molecule has 23 heavy (non-hydrogen) atoms. The fourth-order valence-electron chi connectivity index (χ4n) is 2.31. The number of carbonyl (C=O) groups excluding carboxylic acids is 3. The lowest BCUT2D eigenvalue weighted by molar-refractivity contribution is -0.118. The van der Waals surface area contributed by atoms with Crippen LogP contribution >= 0.6 is 11.3 Å². The number of thiophene rings is 1. The van der Waals surface area contributed by atoms with E-state index in [0.717, 1.165) is 11.3 Å². The van der Waals surface area contributed by atoms with Gasteiger partial charge in [-0.25, -0.2) is 4.79 Å². The third-order valence-electron chi connectivity index (χ3n) is 3.48. The van der Waals surface area contributed by atoms with Crippen molar-refractivity contribution in [2.75, 3.05) is 45.3 Å². The molecule has 0 aliphatic carbocycles. The van der Waals surface area contributed by atoms with Crippen molar-refractivity contribution in [3.8, 4) is 0 Å². The van der Waals surface area contributed by atoms with Gasteiger partial charge in [0.15, 0.2) is 0 Å². The summed E-state index contributed by atoms with van der Waals surface area (Å²) in [7, 11) is 1.24. The van der Waals surface area contributed by atoms with Crippen molar-refractivity contribution in [1.29, 1.82) is 0 Å². The van der Waals surface area contributed by atoms with E-state index in [4.69, 9.17) is 15.2 Å². The molecule has 1 aromatic rings. The van der Waals surface area contributed by atoms with E-state index < -0.39 is 11.9 Å². The highest BCUT2D eigenvalue weighted by atomic mass is 32.1. The van der Waals surface area contributed by atoms with E-state index in [1.165, 1.54) is 7.11 Å². The summed E-state index contributed by atoms with van der Waals surface area (Å²) in [6.45, 7) is 4.31. The first-order valence-corrected chi connectivity index (χ1v) is 7.87. The van der Waals surface area contributed by atoms with E-state index in [2.05, 4.69) is 5.32 Å². The Bertz CT molecular complexity index is 622. The predicted octanol–water partition coefficient (Wildman–Crippen LogP) is 0.213. The van der Waals surface area contributed by atoms with Crippen LogP contribution in [0.15, 0.2) is 0 Å². The quantitative estimate of drug-likeness (QED) is 0.741. The van der Waals surface area contributed by atoms with Crippen LogP contribution in [0.4, 0.5) is 5.00 Å². The van der Waals surface area contributed by atoms with Gasteiger partial charge in [-0.05, 0) is 12.5 Å². The second-order valence-corrected chi connectivity index (χ2v) is 6.07. The maximum absolute atomic E-state index is 12.2. The zero-order chi connectivity index (χ0) is 17.0. The summed E-state index contributed by atoms with van der Waals surface area (Å²) in [4.78, 5) is 37.7. The van der Waals surface area contributed by atoms with Crippen molar-refractivity contribution in [2.24, 2.45) is 5.73 Å². The molecule has 126 valence electrons. The number of ether oxygens (including phenoxy) is 2. The van der Waals surface area contributed by atoms with Gasteiger partial charge < -0.3 is 20.5 Å². The summed E-state index contributed by atoms with van der Waals surface area (Å²) < 4.78 is 9.95. The lowest BCUT2D eigenvalue weighted by Crippen LogP contribution is -2.41. The molecule has 2 heterocycles. The van der Waals surface area contributed by atoms with Gasteiger partial charge in [-0.2, -0.15) is 0 Å². The molecular weight excluding hydrogens is 322 g/mol. The van der Waals surface area contributed by atoms with Crippen molar-refractivity contribution in [1.82, 2.24) is 4.90 Å². The number of carbonyl (C=O) groups is 3. The van der Waals surface area contributed by atoms with E-state index in [1.807, 2.05) is 4.90 Å². The molecule has 2 rings (SSSR count). The molecule has 9 heteroatoms. The SMILES string of the molecule is COC(=O)c1c(NC(=O)CN2CCOCC2)sc(C(N)=O)c1C. The normalized spacial score (nSPS) is 15.2. The first kappa shape index (κ1) is 17.4. The van der Waals surface area contributed by atoms with E-state index in [1.54, 1.807) is 6.92 Å². The number of hydrogen-bond acceptors (Lipinski definition) is 7. The molecule has 0 spiro atoms. The summed E-state index contributed by atoms with van der Waals surface area (Å²) >= 11 is 0.978. The second-order valence-electron chi connectivity index (χ2n) is 5.05. The van der Waals surface area contributed by atoms with Gasteiger partial charge >= 0.3 is 5.97 Å². The van der Waals surface area contributed by atoms with Crippen molar-refractivity contribution >= 4 is 34.1 Å². The Kier molecular flexibility index (Phi) is 5.69. The van der Waals surface area contributed by atoms with Gasteiger partial charge in [-0.15, -0.1) is 11.3 Å². The molecule has 0 atom stereocenters. The Hall–Kier alpha value is -1.97. The molecule has 0 radical (unpaired) electrons. The van der Waals surface area contributed by atoms with E-state index in [-0.39, 0.29) is 27.9 Å². The minimum Gasteiger partial charge on any atom is -0.465 e. The molecular formula is C14H19N3O5S. The summed E-state index contributed by atoms with van der Waals surface area (Å²) in [5.74, 6) is -1.53. The van der Waals surface area contributed by atoms with Gasteiger partial charge in [0.2, 0.25) is 5.91 Å². The molecule has 0 unspecified atom stereocenters. The summed E-state index contributed by atoms with van der Waals surface area (Å²) in [6, 6.07) is 0. The fourth-order valence-corrected chi connectivity index (χ4v) is 3.38. The Morgan fingerprint density at radius 2 is 2.00 bits per heavy atom. The highest BCUT2D eigenvalue weighted by Crippen LogP contribution is 2.33. The number of anilines is 1. The van der Waals surface area contributed by atoms with Crippen molar-refractivity contribution < 1.29 is 23.9 Å². The number of nitrogens with zero attached hydrogens (tertiary/aromatic N) is 1. The van der Waals surface area contributed by atoms with Crippen LogP contribution in [0.2, 0.25) is 0 Å². The highest BCUT2D eigenvalue weighted by molar-refractivity contribution is 7.18. The van der Waals surface area contributed by atoms with Crippen LogP contribution in [-0.4, -0.2) is 62.6 Å². The fraction of sp³-hybridized carbons (Fsp3) is 0.500. The number of hydrogen-bond donors (Lipinski definition) is 2. The minimum absolute atomic E-state index is 0.168. The molecule has 0 saturated carbocycles. The van der Waals surface area contributed by atoms with Crippen LogP contribution in [0, 0.1) is 6.92 Å². The number of amides is 2. The van der Waals surface area contributed by atoms with E-state index in [9.17, 15) is 14.4 Å². The average molecular weight is 341 g/mol. The lowest BCUT2D eigenvalue weighted by atomic mass is 10.1. The van der Waals surface area contributed by atoms with E-state index in [0.29, 0.717) is 31.9 Å². The summed E-state index contributed by atoms with van der Waals surface area (Å²) in [5.41, 5.74) is 5.88. The number of nitrogens with two attached hydrogens (primary N) is 1. The average Bonchev–Trinajstić information content (AvgIpc) is 2.84. The maximum atomic E-state index is 12.2. The monoisotopic (exact) mass is 341 g/mol. The zero-order valence-corrected chi connectivity index (χ0v) is 13.8. The molecule has 3 N–H and O–H groups in total. The van der Waals surface area contributed by atoms with Gasteiger partial charge in [0.05, 0.1) is 37.3 Å². The smallest absolute Gasteiger partial charge is 0.341 e. The Balaban J connectivity index is 2.17. The van der Waals surface area contributed by atoms with Crippen LogP contribution in [0.3, 0.4) is 0 Å². The second kappa shape index (κ2) is 7.53. The zero-order valence-electron chi connectivity index (χ0n) is 13.0. The van der Waals surface area contributed by atoms with Crippen molar-refractivity contribution in [3.63, 3.8) is 0 Å².